The van der Waals surface area contributed by atoms with Gasteiger partial charge in [-0.1, -0.05) is 5.92 Å². The summed E-state index contributed by atoms with van der Waals surface area (Å²) < 4.78 is 45.7. The number of terminal acetylenes is 1. The van der Waals surface area contributed by atoms with Crippen molar-refractivity contribution in [3.63, 3.8) is 0 Å². The number of carbonyl (C=O) groups excluding carboxylic acids is 1. The monoisotopic (exact) mass is 287 g/mol. The summed E-state index contributed by atoms with van der Waals surface area (Å²) in [5.74, 6) is -0.484. The molecule has 1 aromatic carbocycles. The van der Waals surface area contributed by atoms with Gasteiger partial charge in [0.2, 0.25) is 0 Å². The van der Waals surface area contributed by atoms with Crippen molar-refractivity contribution in [2.75, 3.05) is 0 Å². The van der Waals surface area contributed by atoms with Crippen LogP contribution in [-0.2, 0) is 0 Å². The van der Waals surface area contributed by atoms with Gasteiger partial charge >= 0.3 is 6.36 Å². The third-order valence-electron chi connectivity index (χ3n) is 2.12. The first-order valence-corrected chi connectivity index (χ1v) is 5.32. The minimum atomic E-state index is -4.94. The second-order valence-electron chi connectivity index (χ2n) is 4.25. The Bertz CT molecular complexity index is 556. The molecule has 0 atom stereocenters. The van der Waals surface area contributed by atoms with Gasteiger partial charge in [-0.2, -0.15) is 0 Å². The Morgan fingerprint density at radius 3 is 2.30 bits per heavy atom. The molecule has 108 valence electrons. The van der Waals surface area contributed by atoms with Gasteiger partial charge in [0.25, 0.3) is 0 Å². The lowest BCUT2D eigenvalue weighted by Gasteiger charge is -2.23. The van der Waals surface area contributed by atoms with Gasteiger partial charge in [0.15, 0.2) is 17.1 Å². The van der Waals surface area contributed by atoms with Crippen LogP contribution in [0, 0.1) is 12.3 Å². The molecule has 0 fully saturated rings. The summed E-state index contributed by atoms with van der Waals surface area (Å²) >= 11 is 0. The van der Waals surface area contributed by atoms with Crippen molar-refractivity contribution >= 4 is 5.97 Å². The van der Waals surface area contributed by atoms with E-state index in [1.165, 1.54) is 13.8 Å². The van der Waals surface area contributed by atoms with E-state index in [0.717, 1.165) is 18.2 Å². The van der Waals surface area contributed by atoms with Crippen LogP contribution < -0.4 is 14.6 Å². The third kappa shape index (κ3) is 4.39. The quantitative estimate of drug-likeness (QED) is 0.791. The number of halogens is 3. The maximum absolute atomic E-state index is 12.2. The SMILES string of the molecule is C#CC(C)(C)Oc1cc(C(=O)[O-])ccc1OC(F)(F)F. The molecule has 0 amide bonds. The number of rotatable bonds is 4. The Balaban J connectivity index is 3.24. The van der Waals surface area contributed by atoms with Crippen molar-refractivity contribution in [3.8, 4) is 23.8 Å². The van der Waals surface area contributed by atoms with Gasteiger partial charge in [0.1, 0.15) is 0 Å². The van der Waals surface area contributed by atoms with Crippen molar-refractivity contribution < 1.29 is 32.5 Å². The molecule has 7 heteroatoms. The fourth-order valence-corrected chi connectivity index (χ4v) is 1.23. The number of carboxylic acid groups (broad SMARTS) is 1. The lowest BCUT2D eigenvalue weighted by molar-refractivity contribution is -0.275. The van der Waals surface area contributed by atoms with Crippen LogP contribution in [0.3, 0.4) is 0 Å². The topological polar surface area (TPSA) is 58.6 Å². The minimum Gasteiger partial charge on any atom is -0.545 e. The molecule has 1 aromatic rings. The zero-order chi connectivity index (χ0) is 15.6. The van der Waals surface area contributed by atoms with Crippen LogP contribution >= 0.6 is 0 Å². The molecule has 4 nitrogen and oxygen atoms in total. The largest absolute Gasteiger partial charge is 0.573 e. The van der Waals surface area contributed by atoms with E-state index in [4.69, 9.17) is 11.2 Å². The Hall–Kier alpha value is -2.36. The Morgan fingerprint density at radius 2 is 1.85 bits per heavy atom. The van der Waals surface area contributed by atoms with E-state index in [0.29, 0.717) is 0 Å². The molecule has 0 aliphatic heterocycles. The molecule has 0 saturated carbocycles. The van der Waals surface area contributed by atoms with E-state index in [2.05, 4.69) is 10.7 Å². The van der Waals surface area contributed by atoms with Crippen LogP contribution in [0.5, 0.6) is 11.5 Å². The van der Waals surface area contributed by atoms with Crippen molar-refractivity contribution in [1.29, 1.82) is 0 Å². The summed E-state index contributed by atoms with van der Waals surface area (Å²) in [6, 6.07) is 2.59. The zero-order valence-electron chi connectivity index (χ0n) is 10.6. The molecule has 0 unspecified atom stereocenters. The predicted octanol–water partition coefficient (Wildman–Crippen LogP) is 1.74. The number of benzene rings is 1. The predicted molar refractivity (Wildman–Crippen MR) is 61.0 cm³/mol. The smallest absolute Gasteiger partial charge is 0.545 e. The molecule has 0 bridgehead atoms. The maximum Gasteiger partial charge on any atom is 0.573 e. The summed E-state index contributed by atoms with van der Waals surface area (Å²) in [6.07, 6.45) is 0.220. The number of hydrogen-bond acceptors (Lipinski definition) is 4. The van der Waals surface area contributed by atoms with Gasteiger partial charge in [0.05, 0.1) is 5.97 Å². The molecule has 0 N–H and O–H groups in total. The summed E-state index contributed by atoms with van der Waals surface area (Å²) in [6.45, 7) is 2.85. The van der Waals surface area contributed by atoms with Gasteiger partial charge in [-0.25, -0.2) is 0 Å². The van der Waals surface area contributed by atoms with Crippen molar-refractivity contribution in [2.24, 2.45) is 0 Å². The lowest BCUT2D eigenvalue weighted by atomic mass is 10.1. The van der Waals surface area contributed by atoms with E-state index >= 15 is 0 Å². The number of alkyl halides is 3. The average Bonchev–Trinajstić information content (AvgIpc) is 2.29. The fraction of sp³-hybridized carbons (Fsp3) is 0.308. The highest BCUT2D eigenvalue weighted by Crippen LogP contribution is 2.35. The number of ether oxygens (including phenoxy) is 2. The molecule has 0 spiro atoms. The van der Waals surface area contributed by atoms with Gasteiger partial charge in [0, 0.05) is 5.56 Å². The van der Waals surface area contributed by atoms with Crippen LogP contribution in [0.25, 0.3) is 0 Å². The van der Waals surface area contributed by atoms with Crippen molar-refractivity contribution in [1.82, 2.24) is 0 Å². The average molecular weight is 287 g/mol. The molecule has 0 aromatic heterocycles. The van der Waals surface area contributed by atoms with E-state index in [9.17, 15) is 23.1 Å². The van der Waals surface area contributed by atoms with Crippen LogP contribution in [0.2, 0.25) is 0 Å². The molecule has 0 saturated heterocycles. The minimum absolute atomic E-state index is 0.359. The Kier molecular flexibility index (Phi) is 4.18. The molecule has 0 heterocycles. The van der Waals surface area contributed by atoms with Crippen LogP contribution in [-0.4, -0.2) is 17.9 Å². The number of carboxylic acids is 1. The van der Waals surface area contributed by atoms with Crippen molar-refractivity contribution in [3.05, 3.63) is 23.8 Å². The Morgan fingerprint density at radius 1 is 1.25 bits per heavy atom. The summed E-state index contributed by atoms with van der Waals surface area (Å²) in [7, 11) is 0. The number of carbonyl (C=O) groups is 1. The molecule has 0 aliphatic carbocycles. The standard InChI is InChI=1S/C13H11F3O4/c1-4-12(2,3)19-10-7-8(11(17)18)5-6-9(10)20-13(14,15)16/h1,5-7H,2-3H3,(H,17,18)/p-1. The molecule has 20 heavy (non-hydrogen) atoms. The van der Waals surface area contributed by atoms with E-state index in [1.54, 1.807) is 0 Å². The van der Waals surface area contributed by atoms with Crippen LogP contribution in [0.4, 0.5) is 13.2 Å². The maximum atomic E-state index is 12.2. The van der Waals surface area contributed by atoms with E-state index < -0.39 is 29.4 Å². The normalized spacial score (nSPS) is 11.6. The second-order valence-corrected chi connectivity index (χ2v) is 4.25. The fourth-order valence-electron chi connectivity index (χ4n) is 1.23. The second kappa shape index (κ2) is 5.33. The Labute approximate surface area is 113 Å². The first-order chi connectivity index (χ1) is 9.04. The van der Waals surface area contributed by atoms with Crippen LogP contribution in [0.15, 0.2) is 18.2 Å². The molecular weight excluding hydrogens is 277 g/mol. The van der Waals surface area contributed by atoms with E-state index in [1.807, 2.05) is 0 Å². The summed E-state index contributed by atoms with van der Waals surface area (Å²) in [5.41, 5.74) is -1.60. The first kappa shape index (κ1) is 15.7. The van der Waals surface area contributed by atoms with Gasteiger partial charge < -0.3 is 19.4 Å². The molecular formula is C13H10F3O4-. The lowest BCUT2D eigenvalue weighted by Crippen LogP contribution is -2.27. The summed E-state index contributed by atoms with van der Waals surface area (Å²) in [4.78, 5) is 10.7. The molecule has 1 rings (SSSR count). The van der Waals surface area contributed by atoms with Gasteiger partial charge in [-0.3, -0.25) is 0 Å². The molecule has 0 radical (unpaired) electrons. The van der Waals surface area contributed by atoms with E-state index in [-0.39, 0.29) is 5.56 Å². The van der Waals surface area contributed by atoms with Gasteiger partial charge in [-0.15, -0.1) is 19.6 Å². The highest BCUT2D eigenvalue weighted by molar-refractivity contribution is 5.86. The third-order valence-corrected chi connectivity index (χ3v) is 2.12. The number of hydrogen-bond donors (Lipinski definition) is 0. The molecule has 0 aliphatic rings. The highest BCUT2D eigenvalue weighted by atomic mass is 19.4. The zero-order valence-corrected chi connectivity index (χ0v) is 10.6. The van der Waals surface area contributed by atoms with Crippen LogP contribution in [0.1, 0.15) is 24.2 Å². The summed E-state index contributed by atoms with van der Waals surface area (Å²) in [5, 5.41) is 10.7. The van der Waals surface area contributed by atoms with Crippen molar-refractivity contribution in [2.45, 2.75) is 25.8 Å². The van der Waals surface area contributed by atoms with Gasteiger partial charge in [-0.05, 0) is 32.0 Å². The highest BCUT2D eigenvalue weighted by Gasteiger charge is 2.33. The first-order valence-electron chi connectivity index (χ1n) is 5.32. The number of aromatic carboxylic acids is 1.